The van der Waals surface area contributed by atoms with Gasteiger partial charge in [-0.25, -0.2) is 4.39 Å². The van der Waals surface area contributed by atoms with Crippen LogP contribution in [0.4, 0.5) is 4.39 Å². The van der Waals surface area contributed by atoms with E-state index in [0.717, 1.165) is 11.1 Å². The fourth-order valence-electron chi connectivity index (χ4n) is 2.22. The SMILES string of the molecule is COc1ccc(C2(c3ccc(F)cc3)CO2)c(Cl)c1. The molecule has 1 aliphatic rings. The number of epoxide rings is 1. The van der Waals surface area contributed by atoms with Gasteiger partial charge in [-0.05, 0) is 29.8 Å². The first-order valence-electron chi connectivity index (χ1n) is 5.90. The Morgan fingerprint density at radius 3 is 2.42 bits per heavy atom. The fraction of sp³-hybridized carbons (Fsp3) is 0.200. The zero-order valence-electron chi connectivity index (χ0n) is 10.3. The topological polar surface area (TPSA) is 21.8 Å². The van der Waals surface area contributed by atoms with Gasteiger partial charge in [0, 0.05) is 5.56 Å². The molecule has 0 aromatic heterocycles. The molecule has 0 saturated carbocycles. The van der Waals surface area contributed by atoms with Gasteiger partial charge < -0.3 is 9.47 Å². The first-order chi connectivity index (χ1) is 9.15. The zero-order chi connectivity index (χ0) is 13.5. The Morgan fingerprint density at radius 2 is 1.89 bits per heavy atom. The molecule has 1 aliphatic heterocycles. The van der Waals surface area contributed by atoms with Crippen molar-refractivity contribution in [1.82, 2.24) is 0 Å². The molecule has 1 fully saturated rings. The van der Waals surface area contributed by atoms with Gasteiger partial charge in [-0.2, -0.15) is 0 Å². The summed E-state index contributed by atoms with van der Waals surface area (Å²) in [6.45, 7) is 0.546. The van der Waals surface area contributed by atoms with Crippen molar-refractivity contribution in [1.29, 1.82) is 0 Å². The first kappa shape index (κ1) is 12.5. The van der Waals surface area contributed by atoms with Crippen molar-refractivity contribution >= 4 is 11.6 Å². The van der Waals surface area contributed by atoms with Crippen LogP contribution < -0.4 is 4.74 Å². The average Bonchev–Trinajstić information content (AvgIpc) is 3.20. The molecular formula is C15H12ClFO2. The monoisotopic (exact) mass is 278 g/mol. The minimum absolute atomic E-state index is 0.264. The summed E-state index contributed by atoms with van der Waals surface area (Å²) in [6.07, 6.45) is 0. The van der Waals surface area contributed by atoms with Gasteiger partial charge in [-0.3, -0.25) is 0 Å². The second-order valence-corrected chi connectivity index (χ2v) is 4.88. The van der Waals surface area contributed by atoms with Crippen LogP contribution >= 0.6 is 11.6 Å². The average molecular weight is 279 g/mol. The highest BCUT2D eigenvalue weighted by Gasteiger charge is 2.49. The van der Waals surface area contributed by atoms with E-state index in [0.29, 0.717) is 17.4 Å². The molecule has 1 heterocycles. The maximum absolute atomic E-state index is 13.0. The highest BCUT2D eigenvalue weighted by Crippen LogP contribution is 2.48. The van der Waals surface area contributed by atoms with Crippen molar-refractivity contribution in [3.8, 4) is 5.75 Å². The maximum atomic E-state index is 13.0. The lowest BCUT2D eigenvalue weighted by Gasteiger charge is -2.15. The van der Waals surface area contributed by atoms with Crippen molar-refractivity contribution in [3.63, 3.8) is 0 Å². The van der Waals surface area contributed by atoms with E-state index in [1.165, 1.54) is 12.1 Å². The van der Waals surface area contributed by atoms with E-state index >= 15 is 0 Å². The summed E-state index contributed by atoms with van der Waals surface area (Å²) in [5.74, 6) is 0.434. The molecule has 1 atom stereocenters. The normalized spacial score (nSPS) is 21.2. The minimum atomic E-state index is -0.545. The first-order valence-corrected chi connectivity index (χ1v) is 6.27. The van der Waals surface area contributed by atoms with Gasteiger partial charge in [0.15, 0.2) is 0 Å². The smallest absolute Gasteiger partial charge is 0.143 e. The molecule has 2 nitrogen and oxygen atoms in total. The van der Waals surface area contributed by atoms with E-state index in [-0.39, 0.29) is 5.82 Å². The Hall–Kier alpha value is -1.58. The van der Waals surface area contributed by atoms with Gasteiger partial charge in [0.2, 0.25) is 0 Å². The van der Waals surface area contributed by atoms with Crippen LogP contribution in [-0.4, -0.2) is 13.7 Å². The molecule has 1 unspecified atom stereocenters. The predicted octanol–water partition coefficient (Wildman–Crippen LogP) is 3.76. The number of rotatable bonds is 3. The maximum Gasteiger partial charge on any atom is 0.143 e. The highest BCUT2D eigenvalue weighted by molar-refractivity contribution is 6.31. The van der Waals surface area contributed by atoms with Crippen LogP contribution in [0.1, 0.15) is 11.1 Å². The Balaban J connectivity index is 2.03. The van der Waals surface area contributed by atoms with Crippen molar-refractivity contribution in [3.05, 3.63) is 64.4 Å². The lowest BCUT2D eigenvalue weighted by atomic mass is 9.91. The van der Waals surface area contributed by atoms with Crippen molar-refractivity contribution in [2.75, 3.05) is 13.7 Å². The number of methoxy groups -OCH3 is 1. The van der Waals surface area contributed by atoms with Crippen LogP contribution in [0.3, 0.4) is 0 Å². The molecule has 0 amide bonds. The quantitative estimate of drug-likeness (QED) is 0.798. The van der Waals surface area contributed by atoms with Gasteiger partial charge in [0.25, 0.3) is 0 Å². The summed E-state index contributed by atoms with van der Waals surface area (Å²) >= 11 is 6.28. The Labute approximate surface area is 115 Å². The third kappa shape index (κ3) is 2.09. The fourth-order valence-corrected chi connectivity index (χ4v) is 2.54. The van der Waals surface area contributed by atoms with Gasteiger partial charge in [-0.15, -0.1) is 0 Å². The molecule has 19 heavy (non-hydrogen) atoms. The van der Waals surface area contributed by atoms with Crippen molar-refractivity contribution < 1.29 is 13.9 Å². The molecule has 0 radical (unpaired) electrons. The third-order valence-corrected chi connectivity index (χ3v) is 3.67. The van der Waals surface area contributed by atoms with Crippen LogP contribution in [0.15, 0.2) is 42.5 Å². The summed E-state index contributed by atoms with van der Waals surface area (Å²) in [7, 11) is 1.59. The third-order valence-electron chi connectivity index (χ3n) is 3.35. The van der Waals surface area contributed by atoms with E-state index in [9.17, 15) is 4.39 Å². The van der Waals surface area contributed by atoms with E-state index in [2.05, 4.69) is 0 Å². The van der Waals surface area contributed by atoms with Crippen LogP contribution in [0.5, 0.6) is 5.75 Å². The number of hydrogen-bond acceptors (Lipinski definition) is 2. The predicted molar refractivity (Wildman–Crippen MR) is 71.1 cm³/mol. The van der Waals surface area contributed by atoms with E-state index < -0.39 is 5.60 Å². The molecule has 1 saturated heterocycles. The molecule has 0 N–H and O–H groups in total. The molecule has 2 aromatic rings. The van der Waals surface area contributed by atoms with Crippen LogP contribution in [0.25, 0.3) is 0 Å². The summed E-state index contributed by atoms with van der Waals surface area (Å²) < 4.78 is 23.7. The molecule has 0 spiro atoms. The summed E-state index contributed by atoms with van der Waals surface area (Å²) in [4.78, 5) is 0. The van der Waals surface area contributed by atoms with E-state index in [1.807, 2.05) is 12.1 Å². The second kappa shape index (κ2) is 4.51. The minimum Gasteiger partial charge on any atom is -0.497 e. The molecule has 3 rings (SSSR count). The largest absolute Gasteiger partial charge is 0.497 e. The molecule has 4 heteroatoms. The van der Waals surface area contributed by atoms with Gasteiger partial charge >= 0.3 is 0 Å². The molecule has 2 aromatic carbocycles. The summed E-state index contributed by atoms with van der Waals surface area (Å²) in [6, 6.07) is 11.8. The number of ether oxygens (including phenoxy) is 2. The zero-order valence-corrected chi connectivity index (χ0v) is 11.1. The van der Waals surface area contributed by atoms with Crippen molar-refractivity contribution in [2.45, 2.75) is 5.60 Å². The molecule has 98 valence electrons. The second-order valence-electron chi connectivity index (χ2n) is 4.47. The van der Waals surface area contributed by atoms with E-state index in [1.54, 1.807) is 25.3 Å². The lowest BCUT2D eigenvalue weighted by Crippen LogP contribution is -2.11. The van der Waals surface area contributed by atoms with Gasteiger partial charge in [-0.1, -0.05) is 29.8 Å². The lowest BCUT2D eigenvalue weighted by molar-refractivity contribution is 0.348. The van der Waals surface area contributed by atoms with Crippen molar-refractivity contribution in [2.24, 2.45) is 0 Å². The Kier molecular flexibility index (Phi) is 2.96. The molecular weight excluding hydrogens is 267 g/mol. The number of benzene rings is 2. The van der Waals surface area contributed by atoms with Crippen LogP contribution in [-0.2, 0) is 10.3 Å². The molecule has 0 aliphatic carbocycles. The number of hydrogen-bond donors (Lipinski definition) is 0. The van der Waals surface area contributed by atoms with E-state index in [4.69, 9.17) is 21.1 Å². The molecule has 0 bridgehead atoms. The van der Waals surface area contributed by atoms with Gasteiger partial charge in [0.1, 0.15) is 17.2 Å². The standard InChI is InChI=1S/C15H12ClFO2/c1-18-12-6-7-13(14(16)8-12)15(9-19-15)10-2-4-11(17)5-3-10/h2-8H,9H2,1H3. The van der Waals surface area contributed by atoms with Crippen LogP contribution in [0, 0.1) is 5.82 Å². The van der Waals surface area contributed by atoms with Crippen LogP contribution in [0.2, 0.25) is 5.02 Å². The summed E-state index contributed by atoms with van der Waals surface area (Å²) in [5.41, 5.74) is 1.24. The Bertz CT molecular complexity index is 606. The number of halogens is 2. The Morgan fingerprint density at radius 1 is 1.21 bits per heavy atom. The summed E-state index contributed by atoms with van der Waals surface area (Å²) in [5, 5.41) is 0.584. The van der Waals surface area contributed by atoms with Gasteiger partial charge in [0.05, 0.1) is 18.7 Å². The highest BCUT2D eigenvalue weighted by atomic mass is 35.5.